The summed E-state index contributed by atoms with van der Waals surface area (Å²) < 4.78 is 56.5. The SMILES string of the molecule is COC(C)OC(C)O[Si](COC(=O)Cc1ccncc1)(OC(C)OC(C)OC)OC(C)OC(C)OC. The number of rotatable bonds is 19. The largest absolute Gasteiger partial charge is 0.546 e. The molecule has 0 bridgehead atoms. The van der Waals surface area contributed by atoms with Crippen molar-refractivity contribution in [1.29, 1.82) is 0 Å². The van der Waals surface area contributed by atoms with Crippen LogP contribution >= 0.6 is 0 Å². The number of methoxy groups -OCH3 is 3. The Balaban J connectivity index is 3.15. The maximum atomic E-state index is 12.6. The highest BCUT2D eigenvalue weighted by molar-refractivity contribution is 6.60. The van der Waals surface area contributed by atoms with E-state index in [4.69, 9.17) is 46.4 Å². The molecule has 13 heteroatoms. The van der Waals surface area contributed by atoms with Crippen LogP contribution in [-0.4, -0.2) is 85.1 Å². The Hall–Kier alpha value is -1.52. The summed E-state index contributed by atoms with van der Waals surface area (Å²) in [6, 6.07) is 3.45. The number of carbonyl (C=O) groups excluding carboxylic acids is 1. The number of aromatic nitrogens is 1. The van der Waals surface area contributed by atoms with Crippen LogP contribution in [0.1, 0.15) is 47.1 Å². The zero-order chi connectivity index (χ0) is 27.1. The first-order chi connectivity index (χ1) is 17.0. The smallest absolute Gasteiger partial charge is 0.461 e. The van der Waals surface area contributed by atoms with Crippen molar-refractivity contribution in [3.05, 3.63) is 30.1 Å². The molecule has 1 aromatic heterocycles. The number of ether oxygens (including phenoxy) is 7. The summed E-state index contributed by atoms with van der Waals surface area (Å²) in [6.45, 7) is 10.1. The molecule has 1 aromatic rings. The van der Waals surface area contributed by atoms with E-state index in [2.05, 4.69) is 4.98 Å². The molecule has 0 saturated heterocycles. The van der Waals surface area contributed by atoms with Crippen LogP contribution in [0.5, 0.6) is 0 Å². The Morgan fingerprint density at radius 2 is 1.11 bits per heavy atom. The van der Waals surface area contributed by atoms with E-state index in [1.807, 2.05) is 0 Å². The van der Waals surface area contributed by atoms with E-state index < -0.39 is 52.5 Å². The molecule has 0 aliphatic heterocycles. The van der Waals surface area contributed by atoms with Crippen LogP contribution in [0.15, 0.2) is 24.5 Å². The summed E-state index contributed by atoms with van der Waals surface area (Å²) in [5.41, 5.74) is 0.742. The third-order valence-corrected chi connectivity index (χ3v) is 7.26. The van der Waals surface area contributed by atoms with Crippen molar-refractivity contribution in [3.63, 3.8) is 0 Å². The first-order valence-electron chi connectivity index (χ1n) is 11.6. The van der Waals surface area contributed by atoms with E-state index in [9.17, 15) is 4.79 Å². The Labute approximate surface area is 214 Å². The molecule has 0 saturated carbocycles. The normalized spacial score (nSPS) is 18.5. The standard InChI is InChI=1S/C23H41NO11Si/c1-16(26-7)30-19(4)33-36(34-20(5)31-17(2)27-8,35-21(6)32-18(3)28-9)15-29-23(25)14-22-10-12-24-13-11-22/h10-13,16-21H,14-15H2,1-9H3. The lowest BCUT2D eigenvalue weighted by Crippen LogP contribution is -2.57. The predicted octanol–water partition coefficient (Wildman–Crippen LogP) is 2.76. The fourth-order valence-electron chi connectivity index (χ4n) is 2.89. The summed E-state index contributed by atoms with van der Waals surface area (Å²) in [4.78, 5) is 16.6. The number of nitrogens with zero attached hydrogens (tertiary/aromatic N) is 1. The Morgan fingerprint density at radius 3 is 1.47 bits per heavy atom. The zero-order valence-electron chi connectivity index (χ0n) is 22.6. The average molecular weight is 536 g/mol. The third-order valence-electron chi connectivity index (χ3n) is 4.69. The van der Waals surface area contributed by atoms with E-state index in [-0.39, 0.29) is 12.7 Å². The van der Waals surface area contributed by atoms with E-state index in [1.54, 1.807) is 66.1 Å². The second-order valence-corrected chi connectivity index (χ2v) is 10.1. The highest BCUT2D eigenvalue weighted by Gasteiger charge is 2.49. The van der Waals surface area contributed by atoms with Crippen molar-refractivity contribution in [1.82, 2.24) is 4.98 Å². The monoisotopic (exact) mass is 535 g/mol. The number of carbonyl (C=O) groups is 1. The molecule has 36 heavy (non-hydrogen) atoms. The van der Waals surface area contributed by atoms with Crippen molar-refractivity contribution in [3.8, 4) is 0 Å². The van der Waals surface area contributed by atoms with Gasteiger partial charge >= 0.3 is 14.8 Å². The second-order valence-electron chi connectivity index (χ2n) is 7.75. The van der Waals surface area contributed by atoms with Gasteiger partial charge in [0, 0.05) is 33.7 Å². The highest BCUT2D eigenvalue weighted by Crippen LogP contribution is 2.22. The summed E-state index contributed by atoms with van der Waals surface area (Å²) in [5, 5.41) is 0. The van der Waals surface area contributed by atoms with Gasteiger partial charge < -0.3 is 46.4 Å². The molecule has 0 aromatic carbocycles. The molecule has 0 aliphatic rings. The van der Waals surface area contributed by atoms with E-state index in [1.165, 1.54) is 21.3 Å². The second kappa shape index (κ2) is 17.1. The number of esters is 1. The third kappa shape index (κ3) is 13.1. The average Bonchev–Trinajstić information content (AvgIpc) is 2.82. The van der Waals surface area contributed by atoms with Gasteiger partial charge in [0.15, 0.2) is 44.0 Å². The van der Waals surface area contributed by atoms with Crippen LogP contribution in [0, 0.1) is 0 Å². The highest BCUT2D eigenvalue weighted by atomic mass is 28.4. The summed E-state index contributed by atoms with van der Waals surface area (Å²) in [5.74, 6) is -0.509. The van der Waals surface area contributed by atoms with Gasteiger partial charge in [0.1, 0.15) is 0 Å². The molecule has 0 N–H and O–H groups in total. The predicted molar refractivity (Wildman–Crippen MR) is 129 cm³/mol. The van der Waals surface area contributed by atoms with Gasteiger partial charge in [-0.2, -0.15) is 0 Å². The van der Waals surface area contributed by atoms with Crippen LogP contribution in [-0.2, 0) is 57.7 Å². The minimum Gasteiger partial charge on any atom is -0.461 e. The van der Waals surface area contributed by atoms with Gasteiger partial charge in [-0.05, 0) is 59.2 Å². The Morgan fingerprint density at radius 1 is 0.722 bits per heavy atom. The maximum absolute atomic E-state index is 12.6. The fourth-order valence-corrected chi connectivity index (χ4v) is 5.28. The number of hydrogen-bond donors (Lipinski definition) is 0. The molecule has 0 radical (unpaired) electrons. The molecule has 1 rings (SSSR count). The van der Waals surface area contributed by atoms with Crippen LogP contribution in [0.3, 0.4) is 0 Å². The van der Waals surface area contributed by atoms with Gasteiger partial charge in [-0.1, -0.05) is 0 Å². The van der Waals surface area contributed by atoms with Crippen LogP contribution in [0.4, 0.5) is 0 Å². The number of hydrogen-bond acceptors (Lipinski definition) is 12. The molecule has 0 spiro atoms. The molecule has 0 fully saturated rings. The minimum atomic E-state index is -3.90. The van der Waals surface area contributed by atoms with Gasteiger partial charge in [0.05, 0.1) is 6.42 Å². The Bertz CT molecular complexity index is 679. The van der Waals surface area contributed by atoms with Gasteiger partial charge in [-0.25, -0.2) is 0 Å². The topological polar surface area (TPSA) is 122 Å². The molecule has 208 valence electrons. The van der Waals surface area contributed by atoms with Crippen molar-refractivity contribution >= 4 is 14.8 Å². The van der Waals surface area contributed by atoms with E-state index >= 15 is 0 Å². The lowest BCUT2D eigenvalue weighted by Gasteiger charge is -2.36. The summed E-state index contributed by atoms with van der Waals surface area (Å²) in [7, 11) is 0.600. The molecule has 6 atom stereocenters. The first-order valence-corrected chi connectivity index (χ1v) is 13.6. The summed E-state index contributed by atoms with van der Waals surface area (Å²) in [6.07, 6.45) is -1.42. The molecular weight excluding hydrogens is 494 g/mol. The molecule has 1 heterocycles. The van der Waals surface area contributed by atoms with Crippen molar-refractivity contribution in [2.45, 2.75) is 85.7 Å². The minimum absolute atomic E-state index is 0.0271. The van der Waals surface area contributed by atoms with Gasteiger partial charge in [0.2, 0.25) is 0 Å². The van der Waals surface area contributed by atoms with Crippen LogP contribution in [0.25, 0.3) is 0 Å². The van der Waals surface area contributed by atoms with Gasteiger partial charge in [0.25, 0.3) is 0 Å². The van der Waals surface area contributed by atoms with Crippen molar-refractivity contribution in [2.75, 3.05) is 27.6 Å². The molecule has 12 nitrogen and oxygen atoms in total. The Kier molecular flexibility index (Phi) is 15.4. The van der Waals surface area contributed by atoms with Crippen LogP contribution in [0.2, 0.25) is 0 Å². The quantitative estimate of drug-likeness (QED) is 0.147. The van der Waals surface area contributed by atoms with Crippen LogP contribution < -0.4 is 0 Å². The summed E-state index contributed by atoms with van der Waals surface area (Å²) >= 11 is 0. The van der Waals surface area contributed by atoms with E-state index in [0.717, 1.165) is 5.56 Å². The first kappa shape index (κ1) is 32.5. The van der Waals surface area contributed by atoms with Crippen molar-refractivity contribution < 1.29 is 51.2 Å². The molecule has 0 amide bonds. The van der Waals surface area contributed by atoms with Crippen molar-refractivity contribution in [2.24, 2.45) is 0 Å². The zero-order valence-corrected chi connectivity index (χ0v) is 23.6. The lowest BCUT2D eigenvalue weighted by molar-refractivity contribution is -0.254. The fraction of sp³-hybridized carbons (Fsp3) is 0.739. The van der Waals surface area contributed by atoms with Gasteiger partial charge in [-0.3, -0.25) is 9.78 Å². The molecule has 0 aliphatic carbocycles. The lowest BCUT2D eigenvalue weighted by atomic mass is 10.2. The molecule has 6 unspecified atom stereocenters. The molecular formula is C23H41NO11Si. The number of pyridine rings is 1. The van der Waals surface area contributed by atoms with Gasteiger partial charge in [-0.15, -0.1) is 0 Å². The maximum Gasteiger partial charge on any atom is 0.546 e. The van der Waals surface area contributed by atoms with E-state index in [0.29, 0.717) is 0 Å².